The lowest BCUT2D eigenvalue weighted by Crippen LogP contribution is -2.16. The fourth-order valence-electron chi connectivity index (χ4n) is 1.06. The van der Waals surface area contributed by atoms with E-state index in [1.165, 1.54) is 12.1 Å². The van der Waals surface area contributed by atoms with Crippen LogP contribution in [0.15, 0.2) is 18.2 Å². The molecule has 0 aliphatic carbocycles. The van der Waals surface area contributed by atoms with E-state index in [0.717, 1.165) is 0 Å². The van der Waals surface area contributed by atoms with Crippen LogP contribution in [0.2, 0.25) is 0 Å². The number of aliphatic hydroxyl groups excluding tert-OH is 1. The van der Waals surface area contributed by atoms with Gasteiger partial charge in [-0.3, -0.25) is 0 Å². The van der Waals surface area contributed by atoms with Crippen LogP contribution in [0, 0.1) is 0 Å². The van der Waals surface area contributed by atoms with E-state index in [1.807, 2.05) is 0 Å². The second-order valence-electron chi connectivity index (χ2n) is 2.82. The summed E-state index contributed by atoms with van der Waals surface area (Å²) >= 11 is 0. The molecule has 0 aliphatic rings. The SMILES string of the molecule is C.CNC[C@@H](O)c1ccc(O)c(O)c1. The lowest BCUT2D eigenvalue weighted by atomic mass is 10.1. The Balaban J connectivity index is 0.00000169. The lowest BCUT2D eigenvalue weighted by Gasteiger charge is -2.10. The number of benzene rings is 1. The van der Waals surface area contributed by atoms with Gasteiger partial charge in [0.05, 0.1) is 6.10 Å². The molecule has 1 aromatic rings. The molecule has 0 radical (unpaired) electrons. The highest BCUT2D eigenvalue weighted by Crippen LogP contribution is 2.27. The maximum atomic E-state index is 9.48. The molecular formula is C10H17NO3. The van der Waals surface area contributed by atoms with Crippen LogP contribution in [0.25, 0.3) is 0 Å². The Morgan fingerprint density at radius 1 is 1.29 bits per heavy atom. The number of hydrogen-bond donors (Lipinski definition) is 4. The molecule has 0 aliphatic heterocycles. The van der Waals surface area contributed by atoms with E-state index in [1.54, 1.807) is 13.1 Å². The molecule has 80 valence electrons. The van der Waals surface area contributed by atoms with E-state index in [2.05, 4.69) is 5.32 Å². The molecule has 0 aromatic heterocycles. The average molecular weight is 199 g/mol. The maximum Gasteiger partial charge on any atom is 0.157 e. The summed E-state index contributed by atoms with van der Waals surface area (Å²) in [5, 5.41) is 30.4. The number of rotatable bonds is 3. The fourth-order valence-corrected chi connectivity index (χ4v) is 1.06. The summed E-state index contributed by atoms with van der Waals surface area (Å²) in [5.74, 6) is -0.395. The van der Waals surface area contributed by atoms with Crippen LogP contribution in [0.1, 0.15) is 19.1 Å². The van der Waals surface area contributed by atoms with Crippen LogP contribution < -0.4 is 5.32 Å². The van der Waals surface area contributed by atoms with Crippen LogP contribution in [0.3, 0.4) is 0 Å². The van der Waals surface area contributed by atoms with Gasteiger partial charge in [0, 0.05) is 6.54 Å². The summed E-state index contributed by atoms with van der Waals surface area (Å²) < 4.78 is 0. The van der Waals surface area contributed by atoms with Crippen molar-refractivity contribution in [3.05, 3.63) is 23.8 Å². The number of hydrogen-bond acceptors (Lipinski definition) is 4. The molecule has 0 saturated heterocycles. The largest absolute Gasteiger partial charge is 0.504 e. The zero-order valence-corrected chi connectivity index (χ0v) is 7.36. The number of likely N-dealkylation sites (N-methyl/N-ethyl adjacent to an activating group) is 1. The van der Waals surface area contributed by atoms with Gasteiger partial charge in [-0.05, 0) is 24.7 Å². The minimum atomic E-state index is -0.670. The van der Waals surface area contributed by atoms with E-state index in [4.69, 9.17) is 10.2 Å². The highest BCUT2D eigenvalue weighted by molar-refractivity contribution is 5.41. The quantitative estimate of drug-likeness (QED) is 0.548. The molecule has 0 amide bonds. The Bertz CT molecular complexity index is 289. The van der Waals surface area contributed by atoms with Crippen LogP contribution >= 0.6 is 0 Å². The van der Waals surface area contributed by atoms with Gasteiger partial charge in [-0.1, -0.05) is 13.5 Å². The highest BCUT2D eigenvalue weighted by atomic mass is 16.3. The van der Waals surface area contributed by atoms with Gasteiger partial charge in [0.25, 0.3) is 0 Å². The minimum absolute atomic E-state index is 0. The first-order valence-corrected chi connectivity index (χ1v) is 3.99. The van der Waals surface area contributed by atoms with Crippen molar-refractivity contribution in [2.45, 2.75) is 13.5 Å². The van der Waals surface area contributed by atoms with Crippen LogP contribution in [0.5, 0.6) is 11.5 Å². The van der Waals surface area contributed by atoms with E-state index in [9.17, 15) is 5.11 Å². The van der Waals surface area contributed by atoms with E-state index < -0.39 is 6.10 Å². The van der Waals surface area contributed by atoms with Crippen LogP contribution in [0.4, 0.5) is 0 Å². The molecular weight excluding hydrogens is 182 g/mol. The van der Waals surface area contributed by atoms with Crippen molar-refractivity contribution >= 4 is 0 Å². The summed E-state index contributed by atoms with van der Waals surface area (Å²) in [6.07, 6.45) is -0.670. The number of aromatic hydroxyl groups is 2. The van der Waals surface area contributed by atoms with Gasteiger partial charge in [-0.2, -0.15) is 0 Å². The molecule has 1 aromatic carbocycles. The Kier molecular flexibility index (Phi) is 4.97. The predicted octanol–water partition coefficient (Wildman–Crippen LogP) is 0.987. The first-order chi connectivity index (χ1) is 6.15. The zero-order valence-electron chi connectivity index (χ0n) is 7.36. The Hall–Kier alpha value is -1.26. The van der Waals surface area contributed by atoms with Gasteiger partial charge < -0.3 is 20.6 Å². The summed E-state index contributed by atoms with van der Waals surface area (Å²) in [6.45, 7) is 0.407. The van der Waals surface area contributed by atoms with Gasteiger partial charge in [0.2, 0.25) is 0 Å². The molecule has 0 spiro atoms. The van der Waals surface area contributed by atoms with E-state index >= 15 is 0 Å². The summed E-state index contributed by atoms with van der Waals surface area (Å²) in [6, 6.07) is 4.26. The van der Waals surface area contributed by atoms with Gasteiger partial charge >= 0.3 is 0 Å². The maximum absolute atomic E-state index is 9.48. The zero-order chi connectivity index (χ0) is 9.84. The smallest absolute Gasteiger partial charge is 0.157 e. The Morgan fingerprint density at radius 3 is 2.43 bits per heavy atom. The van der Waals surface area contributed by atoms with Crippen molar-refractivity contribution in [3.63, 3.8) is 0 Å². The topological polar surface area (TPSA) is 72.7 Å². The van der Waals surface area contributed by atoms with Crippen LogP contribution in [-0.2, 0) is 0 Å². The third kappa shape index (κ3) is 2.90. The molecule has 0 unspecified atom stereocenters. The third-order valence-electron chi connectivity index (χ3n) is 1.78. The Labute approximate surface area is 83.8 Å². The summed E-state index contributed by atoms with van der Waals surface area (Å²) in [7, 11) is 1.73. The fraction of sp³-hybridized carbons (Fsp3) is 0.400. The number of aliphatic hydroxyl groups is 1. The minimum Gasteiger partial charge on any atom is -0.504 e. The average Bonchev–Trinajstić information content (AvgIpc) is 2.10. The number of phenolic OH excluding ortho intramolecular Hbond substituents is 2. The molecule has 4 heteroatoms. The predicted molar refractivity (Wildman–Crippen MR) is 55.4 cm³/mol. The van der Waals surface area contributed by atoms with Gasteiger partial charge in [-0.15, -0.1) is 0 Å². The molecule has 4 nitrogen and oxygen atoms in total. The number of phenols is 2. The second kappa shape index (κ2) is 5.47. The van der Waals surface area contributed by atoms with Crippen LogP contribution in [-0.4, -0.2) is 28.9 Å². The van der Waals surface area contributed by atoms with Crippen molar-refractivity contribution in [3.8, 4) is 11.5 Å². The van der Waals surface area contributed by atoms with Gasteiger partial charge in [0.1, 0.15) is 0 Å². The second-order valence-corrected chi connectivity index (χ2v) is 2.82. The van der Waals surface area contributed by atoms with Gasteiger partial charge in [-0.25, -0.2) is 0 Å². The molecule has 0 heterocycles. The molecule has 1 rings (SSSR count). The first-order valence-electron chi connectivity index (χ1n) is 3.99. The summed E-state index contributed by atoms with van der Waals surface area (Å²) in [4.78, 5) is 0. The van der Waals surface area contributed by atoms with Crippen molar-refractivity contribution < 1.29 is 15.3 Å². The number of nitrogens with one attached hydrogen (secondary N) is 1. The molecule has 1 atom stereocenters. The van der Waals surface area contributed by atoms with E-state index in [-0.39, 0.29) is 18.9 Å². The third-order valence-corrected chi connectivity index (χ3v) is 1.78. The van der Waals surface area contributed by atoms with E-state index in [0.29, 0.717) is 12.1 Å². The van der Waals surface area contributed by atoms with Crippen molar-refractivity contribution in [1.29, 1.82) is 0 Å². The lowest BCUT2D eigenvalue weighted by molar-refractivity contribution is 0.177. The molecule has 0 saturated carbocycles. The highest BCUT2D eigenvalue weighted by Gasteiger charge is 2.08. The van der Waals surface area contributed by atoms with Crippen molar-refractivity contribution in [1.82, 2.24) is 5.32 Å². The first kappa shape index (κ1) is 12.7. The summed E-state index contributed by atoms with van der Waals surface area (Å²) in [5.41, 5.74) is 0.574. The Morgan fingerprint density at radius 2 is 1.93 bits per heavy atom. The molecule has 0 fully saturated rings. The van der Waals surface area contributed by atoms with Crippen molar-refractivity contribution in [2.75, 3.05) is 13.6 Å². The monoisotopic (exact) mass is 199 g/mol. The standard InChI is InChI=1S/C9H13NO3.CH4/c1-10-5-9(13)6-2-3-7(11)8(12)4-6;/h2-4,9-13H,5H2,1H3;1H4/t9-;/m1./s1. The molecule has 4 N–H and O–H groups in total. The van der Waals surface area contributed by atoms with Crippen molar-refractivity contribution in [2.24, 2.45) is 0 Å². The molecule has 14 heavy (non-hydrogen) atoms. The van der Waals surface area contributed by atoms with Gasteiger partial charge in [0.15, 0.2) is 11.5 Å². The molecule has 0 bridgehead atoms. The normalized spacial score (nSPS) is 11.9.